The quantitative estimate of drug-likeness (QED) is 0.299. The minimum atomic E-state index is -1.31. The maximum absolute atomic E-state index is 13.5. The normalized spacial score (nSPS) is 21.8. The van der Waals surface area contributed by atoms with Crippen molar-refractivity contribution in [3.05, 3.63) is 74.0 Å². The molecule has 0 spiro atoms. The molecule has 1 N–H and O–H groups in total. The van der Waals surface area contributed by atoms with Gasteiger partial charge in [0.05, 0.1) is 38.1 Å². The number of aromatic nitrogens is 3. The second kappa shape index (κ2) is 11.0. The lowest BCUT2D eigenvalue weighted by atomic mass is 9.92. The Morgan fingerprint density at radius 1 is 0.878 bits per heavy atom. The summed E-state index contributed by atoms with van der Waals surface area (Å²) in [5, 5.41) is 20.8. The van der Waals surface area contributed by atoms with Crippen LogP contribution >= 0.6 is 34.8 Å². The molecule has 2 aromatic carbocycles. The van der Waals surface area contributed by atoms with Gasteiger partial charge in [0.1, 0.15) is 11.3 Å². The molecule has 1 unspecified atom stereocenters. The molecule has 214 valence electrons. The predicted octanol–water partition coefficient (Wildman–Crippen LogP) is 5.67. The van der Waals surface area contributed by atoms with E-state index in [1.54, 1.807) is 35.4 Å². The van der Waals surface area contributed by atoms with Crippen molar-refractivity contribution in [2.75, 3.05) is 13.1 Å². The number of carbonyl (C=O) groups excluding carboxylic acids is 3. The molecule has 0 bridgehead atoms. The highest BCUT2D eigenvalue weighted by Gasteiger charge is 2.41. The number of nitrogens with zero attached hydrogens (tertiary/aromatic N) is 5. The Morgan fingerprint density at radius 3 is 2.39 bits per heavy atom. The summed E-state index contributed by atoms with van der Waals surface area (Å²) in [6.07, 6.45) is 7.51. The van der Waals surface area contributed by atoms with Crippen molar-refractivity contribution in [1.82, 2.24) is 24.8 Å². The van der Waals surface area contributed by atoms with Gasteiger partial charge in [0, 0.05) is 24.7 Å². The maximum atomic E-state index is 13.5. The third-order valence-electron chi connectivity index (χ3n) is 8.41. The molecule has 6 rings (SSSR count). The fourth-order valence-corrected chi connectivity index (χ4v) is 6.73. The van der Waals surface area contributed by atoms with Gasteiger partial charge in [0.25, 0.3) is 17.7 Å². The Bertz CT molecular complexity index is 1550. The van der Waals surface area contributed by atoms with E-state index in [9.17, 15) is 19.5 Å². The first-order valence-electron chi connectivity index (χ1n) is 13.8. The maximum Gasteiger partial charge on any atom is 0.261 e. The van der Waals surface area contributed by atoms with Crippen LogP contribution in [0.25, 0.3) is 5.69 Å². The summed E-state index contributed by atoms with van der Waals surface area (Å²) in [7, 11) is 0. The van der Waals surface area contributed by atoms with Crippen LogP contribution in [-0.2, 0) is 5.60 Å². The number of hydrogen-bond donors (Lipinski definition) is 1. The number of aliphatic hydroxyl groups is 1. The lowest BCUT2D eigenvalue weighted by Gasteiger charge is -2.29. The third kappa shape index (κ3) is 5.14. The molecule has 3 aromatic rings. The van der Waals surface area contributed by atoms with Gasteiger partial charge in [-0.15, -0.1) is 5.10 Å². The number of benzene rings is 2. The first-order chi connectivity index (χ1) is 19.7. The van der Waals surface area contributed by atoms with E-state index in [4.69, 9.17) is 34.8 Å². The molecule has 0 radical (unpaired) electrons. The number of imide groups is 1. The van der Waals surface area contributed by atoms with E-state index in [-0.39, 0.29) is 42.3 Å². The first kappa shape index (κ1) is 28.2. The average molecular weight is 617 g/mol. The SMILES string of the molecule is O=C(c1ccc2c(c1)C(=O)N(C1CCCCC1)C2=O)N1CCCC(O)(c2cn(-c3cc(Cl)c(Cl)cc3Cl)nn2)CC1. The summed E-state index contributed by atoms with van der Waals surface area (Å²) in [6, 6.07) is 7.76. The molecule has 3 aliphatic rings. The van der Waals surface area contributed by atoms with Crippen LogP contribution in [-0.4, -0.2) is 66.8 Å². The zero-order valence-corrected chi connectivity index (χ0v) is 24.4. The standard InChI is InChI=1S/C29H28Cl3N5O4/c30-21-14-23(32)24(15-22(21)31)36-16-25(33-34-36)29(41)9-4-11-35(12-10-29)26(38)17-7-8-19-20(13-17)28(40)37(27(19)39)18-5-2-1-3-6-18/h7-8,13-16,18,41H,1-6,9-12H2. The number of amides is 3. The molecule has 1 atom stereocenters. The Balaban J connectivity index is 1.17. The zero-order chi connectivity index (χ0) is 28.9. The molecule has 1 aliphatic carbocycles. The molecule has 3 heterocycles. The topological polar surface area (TPSA) is 109 Å². The predicted molar refractivity (Wildman–Crippen MR) is 154 cm³/mol. The van der Waals surface area contributed by atoms with Crippen LogP contribution < -0.4 is 0 Å². The van der Waals surface area contributed by atoms with Gasteiger partial charge < -0.3 is 10.0 Å². The van der Waals surface area contributed by atoms with Gasteiger partial charge in [-0.3, -0.25) is 19.3 Å². The third-order valence-corrected chi connectivity index (χ3v) is 9.44. The Morgan fingerprint density at radius 2 is 1.61 bits per heavy atom. The second-order valence-electron chi connectivity index (χ2n) is 11.0. The van der Waals surface area contributed by atoms with Crippen LogP contribution in [0, 0.1) is 0 Å². The number of halogens is 3. The zero-order valence-electron chi connectivity index (χ0n) is 22.2. The van der Waals surface area contributed by atoms with Crippen molar-refractivity contribution >= 4 is 52.5 Å². The number of likely N-dealkylation sites (tertiary alicyclic amines) is 1. The molecule has 2 fully saturated rings. The van der Waals surface area contributed by atoms with Gasteiger partial charge in [-0.1, -0.05) is 59.3 Å². The summed E-state index contributed by atoms with van der Waals surface area (Å²) in [6.45, 7) is 0.694. The van der Waals surface area contributed by atoms with Crippen LogP contribution in [0.2, 0.25) is 15.1 Å². The molecule has 3 amide bonds. The van der Waals surface area contributed by atoms with E-state index >= 15 is 0 Å². The lowest BCUT2D eigenvalue weighted by molar-refractivity contribution is 0.0169. The molecule has 1 saturated carbocycles. The highest BCUT2D eigenvalue weighted by molar-refractivity contribution is 6.43. The second-order valence-corrected chi connectivity index (χ2v) is 12.2. The molecule has 41 heavy (non-hydrogen) atoms. The largest absolute Gasteiger partial charge is 0.383 e. The van der Waals surface area contributed by atoms with E-state index < -0.39 is 5.60 Å². The lowest BCUT2D eigenvalue weighted by Crippen LogP contribution is -2.40. The Labute approximate surface area is 252 Å². The van der Waals surface area contributed by atoms with Gasteiger partial charge in [-0.25, -0.2) is 4.68 Å². The van der Waals surface area contributed by atoms with Gasteiger partial charge in [-0.2, -0.15) is 0 Å². The van der Waals surface area contributed by atoms with Crippen LogP contribution in [0.1, 0.15) is 88.1 Å². The van der Waals surface area contributed by atoms with Gasteiger partial charge in [-0.05, 0) is 62.4 Å². The van der Waals surface area contributed by atoms with E-state index in [0.29, 0.717) is 57.0 Å². The van der Waals surface area contributed by atoms with Crippen molar-refractivity contribution < 1.29 is 19.5 Å². The van der Waals surface area contributed by atoms with Crippen molar-refractivity contribution in [2.24, 2.45) is 0 Å². The number of hydrogen-bond acceptors (Lipinski definition) is 6. The van der Waals surface area contributed by atoms with Crippen molar-refractivity contribution in [3.8, 4) is 5.69 Å². The van der Waals surface area contributed by atoms with Crippen LogP contribution in [0.15, 0.2) is 36.5 Å². The molecule has 12 heteroatoms. The Kier molecular flexibility index (Phi) is 7.57. The molecule has 9 nitrogen and oxygen atoms in total. The number of rotatable bonds is 4. The minimum absolute atomic E-state index is 0.0794. The average Bonchev–Trinajstić information content (AvgIpc) is 3.49. The first-order valence-corrected chi connectivity index (χ1v) is 14.9. The van der Waals surface area contributed by atoms with Crippen molar-refractivity contribution in [1.29, 1.82) is 0 Å². The summed E-state index contributed by atoms with van der Waals surface area (Å²) in [5.41, 5.74) is 0.513. The van der Waals surface area contributed by atoms with E-state index in [1.165, 1.54) is 15.6 Å². The van der Waals surface area contributed by atoms with Crippen LogP contribution in [0.4, 0.5) is 0 Å². The highest BCUT2D eigenvalue weighted by Crippen LogP contribution is 2.35. The van der Waals surface area contributed by atoms with Crippen molar-refractivity contribution in [3.63, 3.8) is 0 Å². The minimum Gasteiger partial charge on any atom is -0.383 e. The highest BCUT2D eigenvalue weighted by atomic mass is 35.5. The molecule has 1 saturated heterocycles. The van der Waals surface area contributed by atoms with E-state index in [2.05, 4.69) is 10.3 Å². The summed E-state index contributed by atoms with van der Waals surface area (Å²) in [4.78, 5) is 42.8. The van der Waals surface area contributed by atoms with Crippen LogP contribution in [0.3, 0.4) is 0 Å². The van der Waals surface area contributed by atoms with Crippen LogP contribution in [0.5, 0.6) is 0 Å². The molecular weight excluding hydrogens is 589 g/mol. The fourth-order valence-electron chi connectivity index (χ4n) is 6.11. The molecule has 2 aliphatic heterocycles. The van der Waals surface area contributed by atoms with E-state index in [1.807, 2.05) is 0 Å². The summed E-state index contributed by atoms with van der Waals surface area (Å²) in [5.74, 6) is -0.840. The fraction of sp³-hybridized carbons (Fsp3) is 0.414. The van der Waals surface area contributed by atoms with Crippen molar-refractivity contribution in [2.45, 2.75) is 63.0 Å². The Hall–Kier alpha value is -2.98. The van der Waals surface area contributed by atoms with Gasteiger partial charge in [0.15, 0.2) is 0 Å². The summed E-state index contributed by atoms with van der Waals surface area (Å²) >= 11 is 18.5. The summed E-state index contributed by atoms with van der Waals surface area (Å²) < 4.78 is 1.44. The monoisotopic (exact) mass is 615 g/mol. The van der Waals surface area contributed by atoms with Gasteiger partial charge >= 0.3 is 0 Å². The number of fused-ring (bicyclic) bond motifs is 1. The molecular formula is C29H28Cl3N5O4. The van der Waals surface area contributed by atoms with Gasteiger partial charge in [0.2, 0.25) is 0 Å². The number of carbonyl (C=O) groups is 3. The molecule has 1 aromatic heterocycles. The smallest absolute Gasteiger partial charge is 0.261 e. The van der Waals surface area contributed by atoms with E-state index in [0.717, 1.165) is 32.1 Å².